The Morgan fingerprint density at radius 3 is 1.89 bits per heavy atom. The van der Waals surface area contributed by atoms with Gasteiger partial charge in [0.15, 0.2) is 0 Å². The molecule has 0 saturated heterocycles. The minimum Gasteiger partial charge on any atom is -0.404 e. The van der Waals surface area contributed by atoms with Gasteiger partial charge in [0.1, 0.15) is 0 Å². The van der Waals surface area contributed by atoms with Gasteiger partial charge in [-0.05, 0) is 23.6 Å². The average molecular weight is 236 g/mol. The highest BCUT2D eigenvalue weighted by atomic mass is 14.5. The summed E-state index contributed by atoms with van der Waals surface area (Å²) in [7, 11) is 0. The van der Waals surface area contributed by atoms with Gasteiger partial charge in [0.05, 0.1) is 0 Å². The van der Waals surface area contributed by atoms with E-state index >= 15 is 0 Å². The fourth-order valence-electron chi connectivity index (χ4n) is 1.83. The van der Waals surface area contributed by atoms with Crippen molar-refractivity contribution in [1.82, 2.24) is 0 Å². The summed E-state index contributed by atoms with van der Waals surface area (Å²) in [5.74, 6) is 0. The van der Waals surface area contributed by atoms with Crippen molar-refractivity contribution in [3.05, 3.63) is 65.9 Å². The Morgan fingerprint density at radius 2 is 1.44 bits per heavy atom. The standard InChI is InChI=1S/C16H16N2/c1-12-2-4-13(5-3-12)14-6-8-15(9-7-14)16(10-17)11-18/h2-11,17H,18H2,1H3/b16-11+,17-10?. The maximum Gasteiger partial charge on any atom is 0.0270 e. The van der Waals surface area contributed by atoms with Crippen LogP contribution in [0.15, 0.2) is 54.7 Å². The molecule has 0 saturated carbocycles. The van der Waals surface area contributed by atoms with Gasteiger partial charge in [0, 0.05) is 18.0 Å². The predicted octanol–water partition coefficient (Wildman–Crippen LogP) is 3.61. The molecular weight excluding hydrogens is 220 g/mol. The van der Waals surface area contributed by atoms with Crippen molar-refractivity contribution in [1.29, 1.82) is 5.41 Å². The van der Waals surface area contributed by atoms with Gasteiger partial charge in [-0.25, -0.2) is 0 Å². The lowest BCUT2D eigenvalue weighted by Gasteiger charge is -2.05. The van der Waals surface area contributed by atoms with Crippen LogP contribution in [0.1, 0.15) is 11.1 Å². The molecular formula is C16H16N2. The largest absolute Gasteiger partial charge is 0.404 e. The summed E-state index contributed by atoms with van der Waals surface area (Å²) in [4.78, 5) is 0. The van der Waals surface area contributed by atoms with Crippen LogP contribution >= 0.6 is 0 Å². The summed E-state index contributed by atoms with van der Waals surface area (Å²) in [6.07, 6.45) is 2.72. The van der Waals surface area contributed by atoms with Gasteiger partial charge in [0.2, 0.25) is 0 Å². The fraction of sp³-hybridized carbons (Fsp3) is 0.0625. The highest BCUT2D eigenvalue weighted by Crippen LogP contribution is 2.22. The lowest BCUT2D eigenvalue weighted by atomic mass is 10.0. The third-order valence-electron chi connectivity index (χ3n) is 2.94. The first-order valence-corrected chi connectivity index (χ1v) is 5.84. The molecule has 0 aliphatic heterocycles. The lowest BCUT2D eigenvalue weighted by molar-refractivity contribution is 1.47. The number of benzene rings is 2. The van der Waals surface area contributed by atoms with Crippen LogP contribution in [0, 0.1) is 12.3 Å². The van der Waals surface area contributed by atoms with Crippen LogP contribution in [0.25, 0.3) is 16.7 Å². The fourth-order valence-corrected chi connectivity index (χ4v) is 1.83. The smallest absolute Gasteiger partial charge is 0.0270 e. The number of nitrogens with two attached hydrogens (primary N) is 1. The number of nitrogens with one attached hydrogen (secondary N) is 1. The summed E-state index contributed by atoms with van der Waals surface area (Å²) in [6.45, 7) is 2.08. The second kappa shape index (κ2) is 5.32. The molecule has 0 bridgehead atoms. The molecule has 3 N–H and O–H groups in total. The highest BCUT2D eigenvalue weighted by Gasteiger charge is 2.00. The molecule has 2 nitrogen and oxygen atoms in total. The lowest BCUT2D eigenvalue weighted by Crippen LogP contribution is -1.90. The van der Waals surface area contributed by atoms with Gasteiger partial charge in [-0.15, -0.1) is 0 Å². The molecule has 18 heavy (non-hydrogen) atoms. The molecule has 0 aliphatic carbocycles. The van der Waals surface area contributed by atoms with Gasteiger partial charge in [-0.1, -0.05) is 54.1 Å². The van der Waals surface area contributed by atoms with Crippen molar-refractivity contribution in [2.75, 3.05) is 0 Å². The Morgan fingerprint density at radius 1 is 0.944 bits per heavy atom. The zero-order valence-corrected chi connectivity index (χ0v) is 10.4. The maximum absolute atomic E-state index is 7.27. The molecule has 2 rings (SSSR count). The van der Waals surface area contributed by atoms with E-state index in [-0.39, 0.29) is 0 Å². The van der Waals surface area contributed by atoms with Crippen LogP contribution < -0.4 is 5.73 Å². The van der Waals surface area contributed by atoms with E-state index in [4.69, 9.17) is 11.1 Å². The highest BCUT2D eigenvalue weighted by molar-refractivity contribution is 6.08. The van der Waals surface area contributed by atoms with Crippen molar-refractivity contribution in [2.45, 2.75) is 6.92 Å². The van der Waals surface area contributed by atoms with Crippen molar-refractivity contribution < 1.29 is 0 Å². The van der Waals surface area contributed by atoms with Gasteiger partial charge in [-0.2, -0.15) is 0 Å². The first-order chi connectivity index (χ1) is 8.74. The van der Waals surface area contributed by atoms with Crippen molar-refractivity contribution in [2.24, 2.45) is 5.73 Å². The zero-order valence-electron chi connectivity index (χ0n) is 10.4. The summed E-state index contributed by atoms with van der Waals surface area (Å²) < 4.78 is 0. The molecule has 0 atom stereocenters. The number of hydrogen-bond acceptors (Lipinski definition) is 2. The molecule has 2 aromatic rings. The van der Waals surface area contributed by atoms with E-state index in [9.17, 15) is 0 Å². The van der Waals surface area contributed by atoms with Gasteiger partial charge in [-0.3, -0.25) is 0 Å². The second-order valence-electron chi connectivity index (χ2n) is 4.21. The van der Waals surface area contributed by atoms with Crippen LogP contribution in [-0.2, 0) is 0 Å². The van der Waals surface area contributed by atoms with E-state index in [1.165, 1.54) is 29.1 Å². The van der Waals surface area contributed by atoms with Crippen LogP contribution in [0.2, 0.25) is 0 Å². The Balaban J connectivity index is 2.33. The first kappa shape index (κ1) is 12.1. The summed E-state index contributed by atoms with van der Waals surface area (Å²) in [5.41, 5.74) is 10.8. The molecule has 0 radical (unpaired) electrons. The molecule has 0 spiro atoms. The maximum atomic E-state index is 7.27. The van der Waals surface area contributed by atoms with Gasteiger partial charge in [0.25, 0.3) is 0 Å². The molecule has 0 fully saturated rings. The number of hydrogen-bond donors (Lipinski definition) is 2. The van der Waals surface area contributed by atoms with Crippen molar-refractivity contribution >= 4 is 11.8 Å². The van der Waals surface area contributed by atoms with E-state index in [1.807, 2.05) is 24.3 Å². The summed E-state index contributed by atoms with van der Waals surface area (Å²) in [6, 6.07) is 16.5. The number of allylic oxidation sites excluding steroid dienone is 1. The molecule has 0 unspecified atom stereocenters. The minimum atomic E-state index is 0.727. The number of rotatable bonds is 3. The third kappa shape index (κ3) is 2.48. The van der Waals surface area contributed by atoms with Gasteiger partial charge >= 0.3 is 0 Å². The second-order valence-corrected chi connectivity index (χ2v) is 4.21. The topological polar surface area (TPSA) is 49.9 Å². The first-order valence-electron chi connectivity index (χ1n) is 5.84. The molecule has 0 heterocycles. The van der Waals surface area contributed by atoms with Crippen LogP contribution in [0.4, 0.5) is 0 Å². The van der Waals surface area contributed by atoms with E-state index in [0.717, 1.165) is 11.1 Å². The van der Waals surface area contributed by atoms with Crippen LogP contribution in [-0.4, -0.2) is 6.21 Å². The quantitative estimate of drug-likeness (QED) is 0.786. The molecule has 0 aromatic heterocycles. The molecule has 2 aromatic carbocycles. The third-order valence-corrected chi connectivity index (χ3v) is 2.94. The van der Waals surface area contributed by atoms with E-state index < -0.39 is 0 Å². The molecule has 2 heteroatoms. The molecule has 90 valence electrons. The van der Waals surface area contributed by atoms with Crippen molar-refractivity contribution in [3.63, 3.8) is 0 Å². The van der Waals surface area contributed by atoms with E-state index in [1.54, 1.807) is 0 Å². The summed E-state index contributed by atoms with van der Waals surface area (Å²) >= 11 is 0. The number of aryl methyl sites for hydroxylation is 1. The molecule has 0 amide bonds. The Kier molecular flexibility index (Phi) is 3.58. The monoisotopic (exact) mass is 236 g/mol. The molecule has 0 aliphatic rings. The Labute approximate surface area is 107 Å². The zero-order chi connectivity index (χ0) is 13.0. The van der Waals surface area contributed by atoms with Crippen LogP contribution in [0.5, 0.6) is 0 Å². The van der Waals surface area contributed by atoms with Crippen LogP contribution in [0.3, 0.4) is 0 Å². The SMILES string of the molecule is Cc1ccc(-c2ccc(/C(C=N)=C/N)cc2)cc1. The minimum absolute atomic E-state index is 0.727. The predicted molar refractivity (Wildman–Crippen MR) is 77.6 cm³/mol. The Bertz CT molecular complexity index is 563. The van der Waals surface area contributed by atoms with E-state index in [2.05, 4.69) is 31.2 Å². The normalized spacial score (nSPS) is 11.3. The van der Waals surface area contributed by atoms with E-state index in [0.29, 0.717) is 0 Å². The summed E-state index contributed by atoms with van der Waals surface area (Å²) in [5, 5.41) is 7.27. The van der Waals surface area contributed by atoms with Crippen molar-refractivity contribution in [3.8, 4) is 11.1 Å². The average Bonchev–Trinajstić information content (AvgIpc) is 2.42. The Hall–Kier alpha value is -2.35. The van der Waals surface area contributed by atoms with Gasteiger partial charge < -0.3 is 11.1 Å².